The highest BCUT2D eigenvalue weighted by Gasteiger charge is 2.15. The molecule has 0 aliphatic carbocycles. The average molecular weight is 297 g/mol. The SMILES string of the molecule is O=C(c1ccc(Cl)cc1)c1nccn1Cc1ccccc1. The molecule has 0 fully saturated rings. The van der Waals surface area contributed by atoms with Gasteiger partial charge in [0.2, 0.25) is 5.78 Å². The number of aromatic nitrogens is 2. The lowest BCUT2D eigenvalue weighted by atomic mass is 10.1. The Balaban J connectivity index is 1.88. The third-order valence-electron chi connectivity index (χ3n) is 3.22. The zero-order chi connectivity index (χ0) is 14.7. The third kappa shape index (κ3) is 3.03. The molecule has 2 aromatic carbocycles. The number of hydrogen-bond donors (Lipinski definition) is 0. The van der Waals surface area contributed by atoms with Crippen molar-refractivity contribution in [3.8, 4) is 0 Å². The molecule has 0 atom stereocenters. The Morgan fingerprint density at radius 2 is 1.76 bits per heavy atom. The van der Waals surface area contributed by atoms with Crippen LogP contribution in [0, 0.1) is 0 Å². The van der Waals surface area contributed by atoms with Crippen LogP contribution in [0.25, 0.3) is 0 Å². The largest absolute Gasteiger partial charge is 0.324 e. The normalized spacial score (nSPS) is 10.5. The predicted octanol–water partition coefficient (Wildman–Crippen LogP) is 3.82. The number of hydrogen-bond acceptors (Lipinski definition) is 2. The number of benzene rings is 2. The minimum absolute atomic E-state index is 0.104. The Morgan fingerprint density at radius 1 is 1.05 bits per heavy atom. The molecule has 1 aromatic heterocycles. The van der Waals surface area contributed by atoms with E-state index in [1.165, 1.54) is 0 Å². The molecule has 21 heavy (non-hydrogen) atoms. The second kappa shape index (κ2) is 5.94. The first-order chi connectivity index (χ1) is 10.2. The molecule has 0 amide bonds. The maximum atomic E-state index is 12.5. The summed E-state index contributed by atoms with van der Waals surface area (Å²) >= 11 is 5.85. The highest BCUT2D eigenvalue weighted by atomic mass is 35.5. The summed E-state index contributed by atoms with van der Waals surface area (Å²) in [4.78, 5) is 16.7. The summed E-state index contributed by atoms with van der Waals surface area (Å²) in [6.45, 7) is 0.621. The summed E-state index contributed by atoms with van der Waals surface area (Å²) in [5.41, 5.74) is 1.71. The van der Waals surface area contributed by atoms with Crippen LogP contribution in [-0.4, -0.2) is 15.3 Å². The number of carbonyl (C=O) groups excluding carboxylic acids is 1. The van der Waals surface area contributed by atoms with Crippen molar-refractivity contribution in [2.45, 2.75) is 6.54 Å². The van der Waals surface area contributed by atoms with Crippen LogP contribution in [0.2, 0.25) is 5.02 Å². The molecule has 3 nitrogen and oxygen atoms in total. The second-order valence-corrected chi connectivity index (χ2v) is 5.14. The van der Waals surface area contributed by atoms with Crippen molar-refractivity contribution in [1.29, 1.82) is 0 Å². The van der Waals surface area contributed by atoms with Crippen molar-refractivity contribution in [3.05, 3.63) is 89.0 Å². The van der Waals surface area contributed by atoms with Crippen LogP contribution < -0.4 is 0 Å². The van der Waals surface area contributed by atoms with Gasteiger partial charge in [0.25, 0.3) is 0 Å². The van der Waals surface area contributed by atoms with Gasteiger partial charge in [-0.15, -0.1) is 0 Å². The minimum Gasteiger partial charge on any atom is -0.324 e. The molecular formula is C17H13ClN2O. The molecule has 0 bridgehead atoms. The molecule has 0 spiro atoms. The van der Waals surface area contributed by atoms with Crippen LogP contribution in [0.4, 0.5) is 0 Å². The van der Waals surface area contributed by atoms with Gasteiger partial charge in [0.15, 0.2) is 5.82 Å². The van der Waals surface area contributed by atoms with Crippen molar-refractivity contribution in [1.82, 2.24) is 9.55 Å². The average Bonchev–Trinajstić information content (AvgIpc) is 2.96. The molecule has 0 aliphatic heterocycles. The van der Waals surface area contributed by atoms with Gasteiger partial charge in [0, 0.05) is 29.5 Å². The van der Waals surface area contributed by atoms with Crippen molar-refractivity contribution < 1.29 is 4.79 Å². The lowest BCUT2D eigenvalue weighted by Crippen LogP contribution is -2.12. The molecule has 0 radical (unpaired) electrons. The van der Waals surface area contributed by atoms with Gasteiger partial charge in [-0.25, -0.2) is 4.98 Å². The van der Waals surface area contributed by atoms with E-state index in [0.717, 1.165) is 5.56 Å². The summed E-state index contributed by atoms with van der Waals surface area (Å²) in [5, 5.41) is 0.610. The molecular weight excluding hydrogens is 284 g/mol. The van der Waals surface area contributed by atoms with E-state index >= 15 is 0 Å². The molecule has 0 unspecified atom stereocenters. The van der Waals surface area contributed by atoms with Crippen LogP contribution in [0.15, 0.2) is 67.0 Å². The summed E-state index contributed by atoms with van der Waals surface area (Å²) in [6.07, 6.45) is 3.46. The smallest absolute Gasteiger partial charge is 0.228 e. The minimum atomic E-state index is -0.104. The fraction of sp³-hybridized carbons (Fsp3) is 0.0588. The quantitative estimate of drug-likeness (QED) is 0.686. The first kappa shape index (κ1) is 13.6. The van der Waals surface area contributed by atoms with Gasteiger partial charge in [0.05, 0.1) is 0 Å². The lowest BCUT2D eigenvalue weighted by Gasteiger charge is -2.07. The van der Waals surface area contributed by atoms with Crippen molar-refractivity contribution >= 4 is 17.4 Å². The Bertz CT molecular complexity index is 748. The van der Waals surface area contributed by atoms with Crippen LogP contribution in [0.1, 0.15) is 21.7 Å². The van der Waals surface area contributed by atoms with Gasteiger partial charge in [-0.3, -0.25) is 4.79 Å². The molecule has 0 saturated heterocycles. The first-order valence-corrected chi connectivity index (χ1v) is 6.97. The van der Waals surface area contributed by atoms with E-state index in [4.69, 9.17) is 11.6 Å². The Labute approximate surface area is 127 Å². The highest BCUT2D eigenvalue weighted by Crippen LogP contribution is 2.14. The zero-order valence-electron chi connectivity index (χ0n) is 11.2. The first-order valence-electron chi connectivity index (χ1n) is 6.59. The number of ketones is 1. The molecule has 4 heteroatoms. The van der Waals surface area contributed by atoms with Crippen molar-refractivity contribution in [3.63, 3.8) is 0 Å². The Kier molecular flexibility index (Phi) is 3.84. The van der Waals surface area contributed by atoms with E-state index in [9.17, 15) is 4.79 Å². The van der Waals surface area contributed by atoms with E-state index < -0.39 is 0 Å². The predicted molar refractivity (Wildman–Crippen MR) is 82.7 cm³/mol. The van der Waals surface area contributed by atoms with Crippen LogP contribution in [0.3, 0.4) is 0 Å². The van der Waals surface area contributed by atoms with Gasteiger partial charge in [-0.2, -0.15) is 0 Å². The van der Waals surface area contributed by atoms with Gasteiger partial charge in [0.1, 0.15) is 0 Å². The van der Waals surface area contributed by atoms with Crippen LogP contribution in [-0.2, 0) is 6.54 Å². The van der Waals surface area contributed by atoms with Crippen molar-refractivity contribution in [2.75, 3.05) is 0 Å². The second-order valence-electron chi connectivity index (χ2n) is 4.70. The summed E-state index contributed by atoms with van der Waals surface area (Å²) in [7, 11) is 0. The van der Waals surface area contributed by atoms with Gasteiger partial charge >= 0.3 is 0 Å². The molecule has 0 aliphatic rings. The zero-order valence-corrected chi connectivity index (χ0v) is 12.0. The summed E-state index contributed by atoms with van der Waals surface area (Å²) in [6, 6.07) is 16.8. The highest BCUT2D eigenvalue weighted by molar-refractivity contribution is 6.30. The standard InChI is InChI=1S/C17H13ClN2O/c18-15-8-6-14(7-9-15)16(21)17-19-10-11-20(17)12-13-4-2-1-3-5-13/h1-11H,12H2. The lowest BCUT2D eigenvalue weighted by molar-refractivity contribution is 0.102. The fourth-order valence-electron chi connectivity index (χ4n) is 2.16. The molecule has 104 valence electrons. The van der Waals surface area contributed by atoms with Gasteiger partial charge in [-0.1, -0.05) is 41.9 Å². The molecule has 3 rings (SSSR count). The maximum Gasteiger partial charge on any atom is 0.228 e. The number of halogens is 1. The van der Waals surface area contributed by atoms with E-state index in [1.807, 2.05) is 41.1 Å². The Hall–Kier alpha value is -2.39. The maximum absolute atomic E-state index is 12.5. The molecule has 0 saturated carbocycles. The molecule has 3 aromatic rings. The van der Waals surface area contributed by atoms with E-state index in [0.29, 0.717) is 23.0 Å². The van der Waals surface area contributed by atoms with E-state index in [2.05, 4.69) is 4.98 Å². The van der Waals surface area contributed by atoms with E-state index in [-0.39, 0.29) is 5.78 Å². The number of imidazole rings is 1. The number of carbonyl (C=O) groups is 1. The van der Waals surface area contributed by atoms with E-state index in [1.54, 1.807) is 30.5 Å². The third-order valence-corrected chi connectivity index (χ3v) is 3.47. The van der Waals surface area contributed by atoms with Gasteiger partial charge < -0.3 is 4.57 Å². The summed E-state index contributed by atoms with van der Waals surface area (Å²) in [5.74, 6) is 0.328. The Morgan fingerprint density at radius 3 is 2.48 bits per heavy atom. The van der Waals surface area contributed by atoms with Crippen LogP contribution >= 0.6 is 11.6 Å². The molecule has 1 heterocycles. The molecule has 0 N–H and O–H groups in total. The fourth-order valence-corrected chi connectivity index (χ4v) is 2.28. The topological polar surface area (TPSA) is 34.9 Å². The monoisotopic (exact) mass is 296 g/mol. The van der Waals surface area contributed by atoms with Gasteiger partial charge in [-0.05, 0) is 29.8 Å². The number of rotatable bonds is 4. The van der Waals surface area contributed by atoms with Crippen molar-refractivity contribution in [2.24, 2.45) is 0 Å². The summed E-state index contributed by atoms with van der Waals surface area (Å²) < 4.78 is 1.85. The number of nitrogens with zero attached hydrogens (tertiary/aromatic N) is 2. The van der Waals surface area contributed by atoms with Crippen LogP contribution in [0.5, 0.6) is 0 Å².